The van der Waals surface area contributed by atoms with E-state index in [4.69, 9.17) is 4.74 Å². The Balaban J connectivity index is 1.26. The summed E-state index contributed by atoms with van der Waals surface area (Å²) in [7, 11) is 1.78. The van der Waals surface area contributed by atoms with Gasteiger partial charge >= 0.3 is 0 Å². The predicted octanol–water partition coefficient (Wildman–Crippen LogP) is 1.53. The van der Waals surface area contributed by atoms with Gasteiger partial charge in [-0.1, -0.05) is 6.07 Å². The third-order valence-electron chi connectivity index (χ3n) is 5.75. The summed E-state index contributed by atoms with van der Waals surface area (Å²) in [4.78, 5) is 19.2. The van der Waals surface area contributed by atoms with Gasteiger partial charge in [0.2, 0.25) is 0 Å². The minimum absolute atomic E-state index is 0.0406. The number of carbonyl (C=O) groups is 1. The number of ether oxygens (including phenoxy) is 1. The summed E-state index contributed by atoms with van der Waals surface area (Å²) in [5, 5.41) is 7.06. The minimum Gasteiger partial charge on any atom is -0.372 e. The first-order valence-corrected chi connectivity index (χ1v) is 9.61. The van der Waals surface area contributed by atoms with Crippen LogP contribution in [0.4, 0.5) is 0 Å². The van der Waals surface area contributed by atoms with E-state index in [-0.39, 0.29) is 11.5 Å². The fourth-order valence-electron chi connectivity index (χ4n) is 4.33. The maximum atomic E-state index is 12.2. The molecule has 2 aliphatic rings. The van der Waals surface area contributed by atoms with Gasteiger partial charge in [-0.05, 0) is 43.9 Å². The lowest BCUT2D eigenvalue weighted by Gasteiger charge is -2.50. The quantitative estimate of drug-likeness (QED) is 0.836. The molecule has 4 rings (SSSR count). The second kappa shape index (κ2) is 7.40. The molecule has 7 nitrogen and oxygen atoms in total. The summed E-state index contributed by atoms with van der Waals surface area (Å²) >= 11 is 0. The fraction of sp³-hybridized carbons (Fsp3) is 0.550. The van der Waals surface area contributed by atoms with Crippen LogP contribution in [0.3, 0.4) is 0 Å². The van der Waals surface area contributed by atoms with Crippen LogP contribution in [0.1, 0.15) is 34.7 Å². The first-order valence-electron chi connectivity index (χ1n) is 9.61. The molecule has 2 aromatic heterocycles. The molecule has 1 atom stereocenters. The Morgan fingerprint density at radius 3 is 2.96 bits per heavy atom. The summed E-state index contributed by atoms with van der Waals surface area (Å²) in [6.07, 6.45) is 3.65. The molecule has 0 saturated carbocycles. The normalized spacial score (nSPS) is 21.3. The van der Waals surface area contributed by atoms with Crippen molar-refractivity contribution in [1.29, 1.82) is 0 Å². The van der Waals surface area contributed by atoms with Crippen molar-refractivity contribution in [1.82, 2.24) is 25.0 Å². The molecule has 0 aromatic carbocycles. The molecule has 0 radical (unpaired) electrons. The number of amides is 1. The van der Waals surface area contributed by atoms with Crippen molar-refractivity contribution in [3.8, 4) is 0 Å². The molecule has 2 aromatic rings. The summed E-state index contributed by atoms with van der Waals surface area (Å²) in [5.74, 6) is 0.426. The number of aryl methyl sites for hydroxylation is 2. The summed E-state index contributed by atoms with van der Waals surface area (Å²) in [6.45, 7) is 6.27. The van der Waals surface area contributed by atoms with Gasteiger partial charge in [-0.3, -0.25) is 19.4 Å². The molecule has 2 fully saturated rings. The van der Waals surface area contributed by atoms with Crippen LogP contribution in [0.5, 0.6) is 0 Å². The maximum Gasteiger partial charge on any atom is 0.269 e. The number of nitrogens with zero attached hydrogens (tertiary/aromatic N) is 4. The zero-order valence-electron chi connectivity index (χ0n) is 16.0. The van der Waals surface area contributed by atoms with Gasteiger partial charge in [0.05, 0.1) is 11.3 Å². The van der Waals surface area contributed by atoms with Crippen LogP contribution < -0.4 is 5.32 Å². The van der Waals surface area contributed by atoms with Crippen LogP contribution in [0.25, 0.3) is 0 Å². The van der Waals surface area contributed by atoms with Crippen LogP contribution in [0, 0.1) is 12.8 Å². The molecule has 1 N–H and O–H groups in total. The van der Waals surface area contributed by atoms with E-state index in [1.165, 1.54) is 0 Å². The van der Waals surface area contributed by atoms with Gasteiger partial charge in [0.1, 0.15) is 5.69 Å². The highest BCUT2D eigenvalue weighted by Crippen LogP contribution is 2.41. The van der Waals surface area contributed by atoms with Gasteiger partial charge in [-0.15, -0.1) is 0 Å². The van der Waals surface area contributed by atoms with Gasteiger partial charge in [0.15, 0.2) is 0 Å². The highest BCUT2D eigenvalue weighted by molar-refractivity contribution is 5.92. The van der Waals surface area contributed by atoms with Crippen molar-refractivity contribution < 1.29 is 9.53 Å². The zero-order valence-corrected chi connectivity index (χ0v) is 16.0. The second-order valence-electron chi connectivity index (χ2n) is 7.70. The van der Waals surface area contributed by atoms with Crippen LogP contribution in [-0.4, -0.2) is 57.4 Å². The second-order valence-corrected chi connectivity index (χ2v) is 7.70. The lowest BCUT2D eigenvalue weighted by Crippen LogP contribution is -2.64. The Labute approximate surface area is 159 Å². The molecule has 2 saturated heterocycles. The number of likely N-dealkylation sites (tertiary alicyclic amines) is 1. The smallest absolute Gasteiger partial charge is 0.269 e. The average molecular weight is 369 g/mol. The molecule has 1 amide bonds. The first-order chi connectivity index (χ1) is 13.1. The summed E-state index contributed by atoms with van der Waals surface area (Å²) in [5.41, 5.74) is 2.72. The molecule has 0 bridgehead atoms. The van der Waals surface area contributed by atoms with E-state index in [0.717, 1.165) is 50.5 Å². The zero-order chi connectivity index (χ0) is 18.9. The number of hydrogen-bond acceptors (Lipinski definition) is 5. The van der Waals surface area contributed by atoms with Crippen molar-refractivity contribution in [3.05, 3.63) is 47.5 Å². The highest BCUT2D eigenvalue weighted by Gasteiger charge is 2.52. The van der Waals surface area contributed by atoms with Crippen molar-refractivity contribution in [3.63, 3.8) is 0 Å². The Morgan fingerprint density at radius 2 is 2.22 bits per heavy atom. The van der Waals surface area contributed by atoms with Crippen molar-refractivity contribution in [2.24, 2.45) is 13.0 Å². The monoisotopic (exact) mass is 369 g/mol. The van der Waals surface area contributed by atoms with E-state index in [1.54, 1.807) is 24.0 Å². The van der Waals surface area contributed by atoms with E-state index in [2.05, 4.69) is 32.4 Å². The standard InChI is InChI=1S/C20H27N5O2/c1-15-4-3-5-17(23-15)12-25-13-20(14-25)16(8-11-27-20)6-9-21-19(26)18-7-10-22-24(18)2/h3-5,7,10,16H,6,8-9,11-14H2,1-2H3,(H,21,26). The third kappa shape index (κ3) is 3.75. The average Bonchev–Trinajstić information content (AvgIpc) is 3.21. The number of aromatic nitrogens is 3. The lowest BCUT2D eigenvalue weighted by atomic mass is 9.79. The van der Waals surface area contributed by atoms with Gasteiger partial charge in [-0.2, -0.15) is 5.10 Å². The van der Waals surface area contributed by atoms with E-state index in [1.807, 2.05) is 13.0 Å². The van der Waals surface area contributed by atoms with Gasteiger partial charge in [-0.25, -0.2) is 0 Å². The van der Waals surface area contributed by atoms with Crippen LogP contribution in [0.15, 0.2) is 30.5 Å². The Bertz CT molecular complexity index is 812. The predicted molar refractivity (Wildman–Crippen MR) is 101 cm³/mol. The topological polar surface area (TPSA) is 72.3 Å². The van der Waals surface area contributed by atoms with Gasteiger partial charge in [0, 0.05) is 51.7 Å². The Kier molecular flexibility index (Phi) is 4.97. The van der Waals surface area contributed by atoms with Crippen molar-refractivity contribution in [2.75, 3.05) is 26.2 Å². The Morgan fingerprint density at radius 1 is 1.37 bits per heavy atom. The summed E-state index contributed by atoms with van der Waals surface area (Å²) < 4.78 is 7.74. The number of nitrogens with one attached hydrogen (secondary N) is 1. The molecule has 1 unspecified atom stereocenters. The SMILES string of the molecule is Cc1cccc(CN2CC3(C2)OCCC3CCNC(=O)c2ccnn2C)n1. The molecule has 0 aliphatic carbocycles. The molecule has 4 heterocycles. The maximum absolute atomic E-state index is 12.2. The molecular formula is C20H27N5O2. The number of hydrogen-bond donors (Lipinski definition) is 1. The summed E-state index contributed by atoms with van der Waals surface area (Å²) in [6, 6.07) is 7.90. The first kappa shape index (κ1) is 18.1. The molecular weight excluding hydrogens is 342 g/mol. The fourth-order valence-corrected chi connectivity index (χ4v) is 4.33. The molecule has 1 spiro atoms. The molecule has 7 heteroatoms. The van der Waals surface area contributed by atoms with Crippen LogP contribution in [-0.2, 0) is 18.3 Å². The number of pyridine rings is 1. The number of rotatable bonds is 6. The van der Waals surface area contributed by atoms with Gasteiger partial charge in [0.25, 0.3) is 5.91 Å². The molecule has 144 valence electrons. The van der Waals surface area contributed by atoms with Crippen molar-refractivity contribution in [2.45, 2.75) is 31.9 Å². The van der Waals surface area contributed by atoms with Gasteiger partial charge < -0.3 is 10.1 Å². The van der Waals surface area contributed by atoms with E-state index in [9.17, 15) is 4.79 Å². The van der Waals surface area contributed by atoms with Crippen LogP contribution >= 0.6 is 0 Å². The van der Waals surface area contributed by atoms with E-state index in [0.29, 0.717) is 18.2 Å². The minimum atomic E-state index is -0.0660. The Hall–Kier alpha value is -2.25. The van der Waals surface area contributed by atoms with Crippen molar-refractivity contribution >= 4 is 5.91 Å². The van der Waals surface area contributed by atoms with Crippen LogP contribution in [0.2, 0.25) is 0 Å². The highest BCUT2D eigenvalue weighted by atomic mass is 16.5. The lowest BCUT2D eigenvalue weighted by molar-refractivity contribution is -0.137. The van der Waals surface area contributed by atoms with E-state index < -0.39 is 0 Å². The number of carbonyl (C=O) groups excluding carboxylic acids is 1. The third-order valence-corrected chi connectivity index (χ3v) is 5.75. The largest absolute Gasteiger partial charge is 0.372 e. The molecule has 2 aliphatic heterocycles. The van der Waals surface area contributed by atoms with E-state index >= 15 is 0 Å². The molecule has 27 heavy (non-hydrogen) atoms.